The van der Waals surface area contributed by atoms with Gasteiger partial charge in [-0.05, 0) is 122 Å². The molecule has 0 aromatic heterocycles. The van der Waals surface area contributed by atoms with Gasteiger partial charge in [0.2, 0.25) is 11.1 Å². The number of aliphatic carboxylic acids is 1. The van der Waals surface area contributed by atoms with Crippen LogP contribution in [0.25, 0.3) is 0 Å². The van der Waals surface area contributed by atoms with E-state index in [2.05, 4.69) is 140 Å². The van der Waals surface area contributed by atoms with Gasteiger partial charge in [-0.2, -0.15) is 0 Å². The molecule has 0 spiro atoms. The van der Waals surface area contributed by atoms with E-state index in [1.165, 1.54) is 119 Å². The van der Waals surface area contributed by atoms with Crippen molar-refractivity contribution < 1.29 is 19.5 Å². The number of anilines is 3. The van der Waals surface area contributed by atoms with Crippen LogP contribution >= 0.6 is 11.6 Å². The summed E-state index contributed by atoms with van der Waals surface area (Å²) in [6, 6.07) is 60.0. The van der Waals surface area contributed by atoms with Crippen molar-refractivity contribution in [2.45, 2.75) is 251 Å². The fraction of sp³-hybridized carbons (Fsp3) is 0.512. The SMILES string of the molecule is C.C.CCCCCC.CCCCCC.CCCCCC.CCc1ccccc1.CCc1ccccc1.CCc1ccccc1.Nc1ccccc1.Nc1ccccc1.O=C(Cl)C1CCCC1.O=C(Nc1ccccc1)C1CCCC1.O=C(O)C1CCCC1. The topological polar surface area (TPSA) is 136 Å². The van der Waals surface area contributed by atoms with Gasteiger partial charge in [-0.15, -0.1) is 0 Å². The molecule has 0 radical (unpaired) electrons. The zero-order valence-corrected chi connectivity index (χ0v) is 56.1. The maximum atomic E-state index is 11.7. The Balaban J connectivity index is -0.000000445. The molecular weight excluding hydrogens is 1100 g/mol. The first kappa shape index (κ1) is 88.3. The van der Waals surface area contributed by atoms with Gasteiger partial charge in [0.25, 0.3) is 0 Å². The standard InChI is InChI=1S/C12H15NO.3C8H10.C6H9ClO.2C6H7N.C6H10O2.3C6H14.2CH4/c14-12(10-6-4-5-7-10)13-11-8-2-1-3-9-11;3*1-2-8-6-4-3-5-7-8;7-6(8)5-3-1-2-4-5;2*7-6-4-2-1-3-5-6;7-6(8)5-3-1-2-4-5;3*1-3-5-6-4-2;;/h1-3,8-10H,4-7H2,(H,13,14);3*3-7H,2H2,1H3;5H,1-4H2;2*1-5H,7H2;5H,1-4H2,(H,7,8);3*3-6H2,1-2H3;2*1H4. The molecule has 3 saturated carbocycles. The normalized spacial score (nSPS) is 12.3. The Labute approximate surface area is 546 Å². The molecule has 3 aliphatic rings. The highest BCUT2D eigenvalue weighted by Gasteiger charge is 2.23. The van der Waals surface area contributed by atoms with E-state index >= 15 is 0 Å². The first-order valence-corrected chi connectivity index (χ1v) is 33.7. The minimum absolute atomic E-state index is 0. The predicted molar refractivity (Wildman–Crippen MR) is 392 cm³/mol. The summed E-state index contributed by atoms with van der Waals surface area (Å²) in [7, 11) is 0. The molecule has 6 aromatic carbocycles. The number of nitrogens with two attached hydrogens (primary N) is 2. The Morgan fingerprint density at radius 3 is 0.773 bits per heavy atom. The van der Waals surface area contributed by atoms with E-state index in [0.717, 1.165) is 87.7 Å². The molecule has 6 N–H and O–H groups in total. The van der Waals surface area contributed by atoms with E-state index < -0.39 is 5.97 Å². The number of carbonyl (C=O) groups is 3. The Kier molecular flexibility index (Phi) is 67.0. The van der Waals surface area contributed by atoms with Crippen LogP contribution in [0.3, 0.4) is 0 Å². The van der Waals surface area contributed by atoms with Crippen LogP contribution in [-0.2, 0) is 33.6 Å². The van der Waals surface area contributed by atoms with Crippen molar-refractivity contribution in [3.63, 3.8) is 0 Å². The minimum atomic E-state index is -0.609. The Morgan fingerprint density at radius 1 is 0.375 bits per heavy atom. The van der Waals surface area contributed by atoms with Crippen LogP contribution in [0.15, 0.2) is 182 Å². The molecule has 0 saturated heterocycles. The van der Waals surface area contributed by atoms with Crippen LogP contribution in [-0.4, -0.2) is 22.2 Å². The fourth-order valence-corrected chi connectivity index (χ4v) is 9.04. The van der Waals surface area contributed by atoms with Gasteiger partial charge in [-0.3, -0.25) is 14.4 Å². The van der Waals surface area contributed by atoms with Crippen LogP contribution in [0.2, 0.25) is 0 Å². The van der Waals surface area contributed by atoms with Gasteiger partial charge in [0.1, 0.15) is 0 Å². The minimum Gasteiger partial charge on any atom is -0.481 e. The predicted octanol–water partition coefficient (Wildman–Crippen LogP) is 24.3. The third-order valence-electron chi connectivity index (χ3n) is 14.4. The van der Waals surface area contributed by atoms with Crippen molar-refractivity contribution in [2.75, 3.05) is 16.8 Å². The van der Waals surface area contributed by atoms with Gasteiger partial charge in [0, 0.05) is 28.9 Å². The number of unbranched alkanes of at least 4 members (excludes halogenated alkanes) is 9. The summed E-state index contributed by atoms with van der Waals surface area (Å²) in [5.41, 5.74) is 17.5. The monoisotopic (exact) mass is 1230 g/mol. The molecule has 0 heterocycles. The molecule has 494 valence electrons. The maximum absolute atomic E-state index is 11.7. The average molecular weight is 1230 g/mol. The van der Waals surface area contributed by atoms with Crippen molar-refractivity contribution >= 4 is 45.8 Å². The summed E-state index contributed by atoms with van der Waals surface area (Å²) < 4.78 is 0. The van der Waals surface area contributed by atoms with E-state index in [1.807, 2.05) is 109 Å². The molecule has 1 amide bonds. The number of carboxylic acid groups (broad SMARTS) is 1. The summed E-state index contributed by atoms with van der Waals surface area (Å²) in [6.45, 7) is 19.9. The van der Waals surface area contributed by atoms with Crippen LogP contribution in [0, 0.1) is 17.8 Å². The molecule has 88 heavy (non-hydrogen) atoms. The second-order valence-electron chi connectivity index (χ2n) is 21.9. The van der Waals surface area contributed by atoms with Crippen LogP contribution in [0.1, 0.15) is 248 Å². The number of nitrogens with one attached hydrogen (secondary N) is 1. The highest BCUT2D eigenvalue weighted by Crippen LogP contribution is 2.27. The number of para-hydroxylation sites is 3. The highest BCUT2D eigenvalue weighted by molar-refractivity contribution is 6.64. The number of hydrogen-bond acceptors (Lipinski definition) is 5. The van der Waals surface area contributed by atoms with Gasteiger partial charge in [0.05, 0.1) is 5.92 Å². The average Bonchev–Trinajstić information content (AvgIpc) is 4.47. The number of hydrogen-bond donors (Lipinski definition) is 4. The highest BCUT2D eigenvalue weighted by atomic mass is 35.5. The lowest BCUT2D eigenvalue weighted by Crippen LogP contribution is -2.20. The van der Waals surface area contributed by atoms with E-state index in [1.54, 1.807) is 0 Å². The summed E-state index contributed by atoms with van der Waals surface area (Å²) in [5.74, 6) is -0.00178. The molecule has 0 bridgehead atoms. The fourth-order valence-electron chi connectivity index (χ4n) is 8.83. The Morgan fingerprint density at radius 2 is 0.602 bits per heavy atom. The van der Waals surface area contributed by atoms with Crippen molar-refractivity contribution in [2.24, 2.45) is 17.8 Å². The lowest BCUT2D eigenvalue weighted by Gasteiger charge is -2.09. The summed E-state index contributed by atoms with van der Waals surface area (Å²) >= 11 is 5.25. The van der Waals surface area contributed by atoms with Crippen LogP contribution in [0.4, 0.5) is 17.1 Å². The van der Waals surface area contributed by atoms with E-state index in [4.69, 9.17) is 28.2 Å². The number of nitrogen functional groups attached to an aromatic ring is 2. The number of amides is 1. The third kappa shape index (κ3) is 56.3. The van der Waals surface area contributed by atoms with Gasteiger partial charge < -0.3 is 21.9 Å². The van der Waals surface area contributed by atoms with E-state index in [0.29, 0.717) is 0 Å². The zero-order valence-electron chi connectivity index (χ0n) is 55.3. The number of benzene rings is 6. The molecular formula is C80H128ClN3O4. The van der Waals surface area contributed by atoms with Crippen LogP contribution in [0.5, 0.6) is 0 Å². The molecule has 0 atom stereocenters. The number of aryl methyl sites for hydroxylation is 3. The van der Waals surface area contributed by atoms with Crippen molar-refractivity contribution in [3.05, 3.63) is 199 Å². The smallest absolute Gasteiger partial charge is 0.306 e. The number of rotatable bonds is 16. The second kappa shape index (κ2) is 66.8. The molecule has 7 nitrogen and oxygen atoms in total. The van der Waals surface area contributed by atoms with Gasteiger partial charge in [0.15, 0.2) is 0 Å². The largest absolute Gasteiger partial charge is 0.481 e. The molecule has 0 unspecified atom stereocenters. The summed E-state index contributed by atoms with van der Waals surface area (Å²) in [6.07, 6.45) is 33.0. The third-order valence-corrected chi connectivity index (χ3v) is 14.7. The van der Waals surface area contributed by atoms with E-state index in [-0.39, 0.29) is 43.8 Å². The Bertz CT molecular complexity index is 2130. The molecule has 3 aliphatic carbocycles. The number of carboxylic acids is 1. The molecule has 3 fully saturated rings. The summed E-state index contributed by atoms with van der Waals surface area (Å²) in [5, 5.41) is 11.2. The number of halogens is 1. The molecule has 8 heteroatoms. The zero-order chi connectivity index (χ0) is 63.9. The number of carbonyl (C=O) groups excluding carboxylic acids is 2. The lowest BCUT2D eigenvalue weighted by molar-refractivity contribution is -0.141. The molecule has 9 rings (SSSR count). The molecule has 6 aromatic rings. The maximum Gasteiger partial charge on any atom is 0.306 e. The van der Waals surface area contributed by atoms with Crippen LogP contribution < -0.4 is 16.8 Å². The summed E-state index contributed by atoms with van der Waals surface area (Å²) in [4.78, 5) is 32.3. The second-order valence-corrected chi connectivity index (χ2v) is 22.3. The Hall–Kier alpha value is -6.18. The lowest BCUT2D eigenvalue weighted by atomic mass is 10.1. The van der Waals surface area contributed by atoms with Crippen molar-refractivity contribution in [1.82, 2.24) is 0 Å². The van der Waals surface area contributed by atoms with E-state index in [9.17, 15) is 14.4 Å². The first-order valence-electron chi connectivity index (χ1n) is 33.3. The van der Waals surface area contributed by atoms with Crippen molar-refractivity contribution in [3.8, 4) is 0 Å². The quantitative estimate of drug-likeness (QED) is 0.0433. The first-order chi connectivity index (χ1) is 41.8. The van der Waals surface area contributed by atoms with Gasteiger partial charge >= 0.3 is 5.97 Å². The van der Waals surface area contributed by atoms with Gasteiger partial charge in [-0.25, -0.2) is 0 Å². The van der Waals surface area contributed by atoms with Gasteiger partial charge in [-0.1, -0.05) is 338 Å². The molecule has 0 aliphatic heterocycles. The van der Waals surface area contributed by atoms with Crippen molar-refractivity contribution in [1.29, 1.82) is 0 Å².